The Morgan fingerprint density at radius 1 is 0.750 bits per heavy atom. The van der Waals surface area contributed by atoms with E-state index in [1.807, 2.05) is 0 Å². The van der Waals surface area contributed by atoms with Crippen LogP contribution in [0.3, 0.4) is 0 Å². The molecule has 32 heavy (non-hydrogen) atoms. The summed E-state index contributed by atoms with van der Waals surface area (Å²) in [5.41, 5.74) is -2.57. The van der Waals surface area contributed by atoms with Crippen LogP contribution in [0.5, 0.6) is 17.2 Å². The molecule has 1 aliphatic rings. The zero-order chi connectivity index (χ0) is 23.2. The van der Waals surface area contributed by atoms with Gasteiger partial charge in [-0.2, -0.15) is 0 Å². The van der Waals surface area contributed by atoms with E-state index in [-0.39, 0.29) is 28.5 Å². The van der Waals surface area contributed by atoms with Gasteiger partial charge in [-0.05, 0) is 6.92 Å². The summed E-state index contributed by atoms with van der Waals surface area (Å²) in [5, 5.41) is 32.2. The molecule has 0 radical (unpaired) electrons. The second-order valence-corrected chi connectivity index (χ2v) is 6.97. The lowest BCUT2D eigenvalue weighted by molar-refractivity contribution is -0.136. The molecule has 3 aromatic rings. The maximum absolute atomic E-state index is 13.2. The molecular formula is C24H16O8. The van der Waals surface area contributed by atoms with Crippen LogP contribution in [-0.4, -0.2) is 45.2 Å². The number of Topliss-reactive ketones (excluding diaryl/α,β-unsaturated/α-hetero) is 3. The number of fused-ring (bicyclic) bond motifs is 2. The minimum Gasteiger partial charge on any atom is -0.506 e. The van der Waals surface area contributed by atoms with E-state index in [1.54, 1.807) is 6.07 Å². The Kier molecular flexibility index (Phi) is 4.98. The molecule has 4 rings (SSSR count). The second kappa shape index (κ2) is 7.66. The van der Waals surface area contributed by atoms with Crippen LogP contribution in [0.25, 0.3) is 16.3 Å². The third-order valence-electron chi connectivity index (χ3n) is 5.19. The van der Waals surface area contributed by atoms with Gasteiger partial charge in [-0.25, -0.2) is 4.79 Å². The van der Waals surface area contributed by atoms with Gasteiger partial charge in [0.1, 0.15) is 5.75 Å². The Morgan fingerprint density at radius 2 is 1.28 bits per heavy atom. The van der Waals surface area contributed by atoms with E-state index in [4.69, 9.17) is 4.74 Å². The van der Waals surface area contributed by atoms with Crippen molar-refractivity contribution in [1.29, 1.82) is 0 Å². The van der Waals surface area contributed by atoms with Crippen molar-refractivity contribution in [3.63, 3.8) is 0 Å². The van der Waals surface area contributed by atoms with Gasteiger partial charge in [-0.1, -0.05) is 48.5 Å². The number of ether oxygens (including phenoxy) is 1. The van der Waals surface area contributed by atoms with Crippen molar-refractivity contribution in [1.82, 2.24) is 0 Å². The monoisotopic (exact) mass is 432 g/mol. The number of hydrogen-bond acceptors (Lipinski definition) is 8. The third kappa shape index (κ3) is 2.92. The first-order valence-corrected chi connectivity index (χ1v) is 9.59. The standard InChI is InChI=1S/C24H16O8/c1-2-32-24(31)15(16-18(25)11-7-3-5-9-13(11)20(27)22(16)29)17-19(26)12-8-4-6-10-14(12)21(28)23(17)30/h3-10,25,27,29H,2H2,1H3/b17-15+. The van der Waals surface area contributed by atoms with Crippen molar-refractivity contribution < 1.29 is 39.2 Å². The predicted molar refractivity (Wildman–Crippen MR) is 113 cm³/mol. The van der Waals surface area contributed by atoms with Gasteiger partial charge in [0.15, 0.2) is 17.3 Å². The van der Waals surface area contributed by atoms with E-state index < -0.39 is 57.3 Å². The molecule has 0 fully saturated rings. The fourth-order valence-electron chi connectivity index (χ4n) is 3.74. The van der Waals surface area contributed by atoms with E-state index in [9.17, 15) is 34.5 Å². The maximum Gasteiger partial charge on any atom is 0.339 e. The lowest BCUT2D eigenvalue weighted by atomic mass is 9.80. The highest BCUT2D eigenvalue weighted by atomic mass is 16.5. The predicted octanol–water partition coefficient (Wildman–Crippen LogP) is 2.92. The number of carbonyl (C=O) groups is 4. The summed E-state index contributed by atoms with van der Waals surface area (Å²) in [6, 6.07) is 11.5. The van der Waals surface area contributed by atoms with Crippen molar-refractivity contribution in [2.75, 3.05) is 6.61 Å². The number of phenolic OH excluding ortho intramolecular Hbond substituents is 3. The minimum atomic E-state index is -1.29. The summed E-state index contributed by atoms with van der Waals surface area (Å²) in [5.74, 6) is -6.78. The van der Waals surface area contributed by atoms with Crippen LogP contribution < -0.4 is 0 Å². The fourth-order valence-corrected chi connectivity index (χ4v) is 3.74. The molecule has 0 saturated carbocycles. The Bertz CT molecular complexity index is 1380. The summed E-state index contributed by atoms with van der Waals surface area (Å²) >= 11 is 0. The Morgan fingerprint density at radius 3 is 1.88 bits per heavy atom. The van der Waals surface area contributed by atoms with Crippen LogP contribution in [0.1, 0.15) is 33.2 Å². The summed E-state index contributed by atoms with van der Waals surface area (Å²) in [7, 11) is 0. The van der Waals surface area contributed by atoms with Crippen molar-refractivity contribution in [2.45, 2.75) is 6.92 Å². The molecule has 0 heterocycles. The molecule has 0 saturated heterocycles. The van der Waals surface area contributed by atoms with Crippen LogP contribution in [-0.2, 0) is 14.3 Å². The highest BCUT2D eigenvalue weighted by Crippen LogP contribution is 2.48. The molecule has 0 aliphatic heterocycles. The number of allylic oxidation sites excluding steroid dienone is 1. The number of aromatic hydroxyl groups is 3. The molecule has 0 amide bonds. The molecule has 8 nitrogen and oxygen atoms in total. The summed E-state index contributed by atoms with van der Waals surface area (Å²) in [4.78, 5) is 51.7. The number of ketones is 3. The molecule has 8 heteroatoms. The van der Waals surface area contributed by atoms with Crippen LogP contribution in [0.4, 0.5) is 0 Å². The van der Waals surface area contributed by atoms with Crippen molar-refractivity contribution in [2.24, 2.45) is 0 Å². The average Bonchev–Trinajstić information content (AvgIpc) is 2.80. The zero-order valence-electron chi connectivity index (χ0n) is 16.7. The number of rotatable bonds is 3. The Balaban J connectivity index is 2.15. The van der Waals surface area contributed by atoms with Crippen LogP contribution in [0.2, 0.25) is 0 Å². The topological polar surface area (TPSA) is 138 Å². The molecule has 0 atom stereocenters. The first kappa shape index (κ1) is 20.8. The summed E-state index contributed by atoms with van der Waals surface area (Å²) < 4.78 is 4.98. The van der Waals surface area contributed by atoms with Gasteiger partial charge >= 0.3 is 5.97 Å². The molecule has 0 bridgehead atoms. The van der Waals surface area contributed by atoms with E-state index in [2.05, 4.69) is 0 Å². The number of carbonyl (C=O) groups excluding carboxylic acids is 4. The first-order valence-electron chi connectivity index (χ1n) is 9.59. The van der Waals surface area contributed by atoms with Crippen molar-refractivity contribution in [3.8, 4) is 17.2 Å². The van der Waals surface area contributed by atoms with Gasteiger partial charge < -0.3 is 20.1 Å². The van der Waals surface area contributed by atoms with Gasteiger partial charge in [-0.3, -0.25) is 14.4 Å². The lowest BCUT2D eigenvalue weighted by Crippen LogP contribution is -2.32. The summed E-state index contributed by atoms with van der Waals surface area (Å²) in [6.45, 7) is 1.31. The fraction of sp³-hybridized carbons (Fsp3) is 0.0833. The molecule has 3 aromatic carbocycles. The lowest BCUT2D eigenvalue weighted by Gasteiger charge is -2.20. The first-order chi connectivity index (χ1) is 15.3. The normalized spacial score (nSPS) is 15.0. The Labute approximate surface area is 181 Å². The van der Waals surface area contributed by atoms with Crippen LogP contribution in [0.15, 0.2) is 54.1 Å². The van der Waals surface area contributed by atoms with Gasteiger partial charge in [0.2, 0.25) is 11.6 Å². The second-order valence-electron chi connectivity index (χ2n) is 6.97. The third-order valence-corrected chi connectivity index (χ3v) is 5.19. The van der Waals surface area contributed by atoms with Crippen molar-refractivity contribution in [3.05, 3.63) is 70.8 Å². The molecule has 160 valence electrons. The van der Waals surface area contributed by atoms with E-state index >= 15 is 0 Å². The van der Waals surface area contributed by atoms with Gasteiger partial charge in [0, 0.05) is 21.9 Å². The average molecular weight is 432 g/mol. The van der Waals surface area contributed by atoms with Crippen molar-refractivity contribution >= 4 is 39.7 Å². The SMILES string of the molecule is CCOC(=O)/C(=C1/C(=O)C(=O)c2ccccc2C1=O)c1c(O)c(O)c2ccccc2c1O. The Hall–Kier alpha value is -4.46. The molecule has 1 aliphatic carbocycles. The zero-order valence-corrected chi connectivity index (χ0v) is 16.7. The van der Waals surface area contributed by atoms with E-state index in [1.165, 1.54) is 49.4 Å². The molecular weight excluding hydrogens is 416 g/mol. The van der Waals surface area contributed by atoms with E-state index in [0.717, 1.165) is 0 Å². The number of hydrogen-bond donors (Lipinski definition) is 3. The van der Waals surface area contributed by atoms with Crippen LogP contribution >= 0.6 is 0 Å². The largest absolute Gasteiger partial charge is 0.506 e. The van der Waals surface area contributed by atoms with Gasteiger partial charge in [0.05, 0.1) is 23.3 Å². The quantitative estimate of drug-likeness (QED) is 0.143. The molecule has 0 aromatic heterocycles. The molecule has 0 spiro atoms. The van der Waals surface area contributed by atoms with Crippen LogP contribution in [0, 0.1) is 0 Å². The molecule has 0 unspecified atom stereocenters. The molecule has 3 N–H and O–H groups in total. The maximum atomic E-state index is 13.2. The highest BCUT2D eigenvalue weighted by molar-refractivity contribution is 6.62. The number of benzene rings is 3. The summed E-state index contributed by atoms with van der Waals surface area (Å²) in [6.07, 6.45) is 0. The minimum absolute atomic E-state index is 0.0441. The smallest absolute Gasteiger partial charge is 0.339 e. The number of esters is 1. The van der Waals surface area contributed by atoms with E-state index in [0.29, 0.717) is 0 Å². The van der Waals surface area contributed by atoms with Gasteiger partial charge in [-0.15, -0.1) is 0 Å². The number of phenols is 3. The highest BCUT2D eigenvalue weighted by Gasteiger charge is 2.41. The van der Waals surface area contributed by atoms with Gasteiger partial charge in [0.25, 0.3) is 0 Å².